The second-order valence-electron chi connectivity index (χ2n) is 6.52. The number of nitrogens with zero attached hydrogens (tertiary/aromatic N) is 3. The molecule has 3 aromatic rings. The molecule has 4 rings (SSSR count). The highest BCUT2D eigenvalue weighted by Gasteiger charge is 2.21. The van der Waals surface area contributed by atoms with Crippen LogP contribution in [0.25, 0.3) is 10.2 Å². The molecule has 1 aromatic heterocycles. The number of para-hydroxylation sites is 1. The van der Waals surface area contributed by atoms with Crippen LogP contribution < -0.4 is 9.80 Å². The lowest BCUT2D eigenvalue weighted by atomic mass is 10.1. The van der Waals surface area contributed by atoms with Crippen molar-refractivity contribution >= 4 is 44.0 Å². The molecule has 1 saturated heterocycles. The summed E-state index contributed by atoms with van der Waals surface area (Å²) in [4.78, 5) is 9.79. The quantitative estimate of drug-likeness (QED) is 0.634. The third-order valence-electron chi connectivity index (χ3n) is 4.93. The Bertz CT molecular complexity index is 897. The topological polar surface area (TPSA) is 19.4 Å². The molecule has 1 aliphatic rings. The van der Waals surface area contributed by atoms with Crippen molar-refractivity contribution in [1.82, 2.24) is 4.98 Å². The predicted octanol–water partition coefficient (Wildman–Crippen LogP) is 5.15. The molecule has 0 unspecified atom stereocenters. The maximum absolute atomic E-state index is 6.19. The normalized spacial score (nSPS) is 15.2. The summed E-state index contributed by atoms with van der Waals surface area (Å²) >= 11 is 8.00. The minimum atomic E-state index is 0.807. The van der Waals surface area contributed by atoms with Gasteiger partial charge < -0.3 is 9.80 Å². The van der Waals surface area contributed by atoms with Gasteiger partial charge in [0.15, 0.2) is 5.13 Å². The lowest BCUT2D eigenvalue weighted by Crippen LogP contribution is -2.46. The van der Waals surface area contributed by atoms with Gasteiger partial charge in [-0.25, -0.2) is 4.98 Å². The number of thiazole rings is 1. The maximum atomic E-state index is 6.19. The van der Waals surface area contributed by atoms with Gasteiger partial charge in [0.05, 0.1) is 10.2 Å². The first-order chi connectivity index (χ1) is 12.2. The number of fused-ring (bicyclic) bond motifs is 1. The molecule has 0 atom stereocenters. The second kappa shape index (κ2) is 6.85. The van der Waals surface area contributed by atoms with Gasteiger partial charge in [0.25, 0.3) is 0 Å². The van der Waals surface area contributed by atoms with Gasteiger partial charge in [-0.15, -0.1) is 0 Å². The van der Waals surface area contributed by atoms with Crippen LogP contribution in [0.1, 0.15) is 18.1 Å². The molecule has 25 heavy (non-hydrogen) atoms. The average molecular weight is 372 g/mol. The molecule has 0 amide bonds. The van der Waals surface area contributed by atoms with Crippen molar-refractivity contribution < 1.29 is 0 Å². The highest BCUT2D eigenvalue weighted by molar-refractivity contribution is 7.22. The third-order valence-corrected chi connectivity index (χ3v) is 6.25. The summed E-state index contributed by atoms with van der Waals surface area (Å²) in [5, 5.41) is 1.96. The molecular weight excluding hydrogens is 350 g/mol. The number of benzene rings is 2. The number of aryl methyl sites for hydroxylation is 2. The largest absolute Gasteiger partial charge is 0.368 e. The zero-order chi connectivity index (χ0) is 17.4. The van der Waals surface area contributed by atoms with E-state index in [2.05, 4.69) is 54.0 Å². The van der Waals surface area contributed by atoms with Crippen LogP contribution in [-0.4, -0.2) is 31.2 Å². The van der Waals surface area contributed by atoms with E-state index in [1.54, 1.807) is 0 Å². The summed E-state index contributed by atoms with van der Waals surface area (Å²) in [6.45, 7) is 8.33. The van der Waals surface area contributed by atoms with Crippen LogP contribution in [0.4, 0.5) is 10.8 Å². The van der Waals surface area contributed by atoms with Crippen molar-refractivity contribution in [2.45, 2.75) is 20.3 Å². The van der Waals surface area contributed by atoms with E-state index >= 15 is 0 Å². The SMILES string of the molecule is CCc1cccc2sc(N3CCN(c4cc(Cl)ccc4C)CC3)nc12. The predicted molar refractivity (Wildman–Crippen MR) is 110 cm³/mol. The molecule has 0 radical (unpaired) electrons. The molecule has 0 N–H and O–H groups in total. The molecule has 0 saturated carbocycles. The molecular formula is C20H22ClN3S. The zero-order valence-electron chi connectivity index (χ0n) is 14.6. The molecule has 0 bridgehead atoms. The van der Waals surface area contributed by atoms with Crippen LogP contribution in [0.3, 0.4) is 0 Å². The first-order valence-corrected chi connectivity index (χ1v) is 9.99. The number of hydrogen-bond acceptors (Lipinski definition) is 4. The Balaban J connectivity index is 1.53. The van der Waals surface area contributed by atoms with E-state index < -0.39 is 0 Å². The van der Waals surface area contributed by atoms with E-state index in [-0.39, 0.29) is 0 Å². The number of hydrogen-bond donors (Lipinski definition) is 0. The van der Waals surface area contributed by atoms with Crippen molar-refractivity contribution in [3.63, 3.8) is 0 Å². The van der Waals surface area contributed by atoms with Gasteiger partial charge in [0.1, 0.15) is 0 Å². The average Bonchev–Trinajstić information content (AvgIpc) is 3.08. The molecule has 2 aromatic carbocycles. The summed E-state index contributed by atoms with van der Waals surface area (Å²) < 4.78 is 1.29. The molecule has 130 valence electrons. The van der Waals surface area contributed by atoms with Crippen LogP contribution in [0.2, 0.25) is 5.02 Å². The monoisotopic (exact) mass is 371 g/mol. The Kier molecular flexibility index (Phi) is 4.57. The maximum Gasteiger partial charge on any atom is 0.186 e. The highest BCUT2D eigenvalue weighted by Crippen LogP contribution is 2.32. The summed E-state index contributed by atoms with van der Waals surface area (Å²) in [7, 11) is 0. The number of aromatic nitrogens is 1. The van der Waals surface area contributed by atoms with Gasteiger partial charge in [0.2, 0.25) is 0 Å². The van der Waals surface area contributed by atoms with E-state index in [9.17, 15) is 0 Å². The smallest absolute Gasteiger partial charge is 0.186 e. The molecule has 0 aliphatic carbocycles. The lowest BCUT2D eigenvalue weighted by molar-refractivity contribution is 0.651. The fourth-order valence-electron chi connectivity index (χ4n) is 3.48. The first kappa shape index (κ1) is 16.7. The summed E-state index contributed by atoms with van der Waals surface area (Å²) in [6, 6.07) is 12.7. The van der Waals surface area contributed by atoms with E-state index in [0.29, 0.717) is 0 Å². The Labute approximate surface area is 157 Å². The fourth-order valence-corrected chi connectivity index (χ4v) is 4.71. The van der Waals surface area contributed by atoms with Gasteiger partial charge in [-0.3, -0.25) is 0 Å². The van der Waals surface area contributed by atoms with Gasteiger partial charge >= 0.3 is 0 Å². The molecule has 1 aliphatic heterocycles. The number of halogens is 1. The van der Waals surface area contributed by atoms with Crippen molar-refractivity contribution in [1.29, 1.82) is 0 Å². The van der Waals surface area contributed by atoms with Crippen LogP contribution in [0, 0.1) is 6.92 Å². The van der Waals surface area contributed by atoms with Crippen LogP contribution in [-0.2, 0) is 6.42 Å². The fraction of sp³-hybridized carbons (Fsp3) is 0.350. The minimum Gasteiger partial charge on any atom is -0.368 e. The summed E-state index contributed by atoms with van der Waals surface area (Å²) in [5.41, 5.74) is 5.06. The van der Waals surface area contributed by atoms with E-state index in [4.69, 9.17) is 16.6 Å². The van der Waals surface area contributed by atoms with Crippen molar-refractivity contribution in [3.8, 4) is 0 Å². The molecule has 1 fully saturated rings. The van der Waals surface area contributed by atoms with Gasteiger partial charge in [-0.05, 0) is 42.7 Å². The highest BCUT2D eigenvalue weighted by atomic mass is 35.5. The van der Waals surface area contributed by atoms with Crippen molar-refractivity contribution in [2.24, 2.45) is 0 Å². The zero-order valence-corrected chi connectivity index (χ0v) is 16.2. The van der Waals surface area contributed by atoms with E-state index in [1.807, 2.05) is 17.4 Å². The van der Waals surface area contributed by atoms with Gasteiger partial charge in [-0.1, -0.05) is 48.1 Å². The van der Waals surface area contributed by atoms with Crippen LogP contribution in [0.5, 0.6) is 0 Å². The number of piperazine rings is 1. The lowest BCUT2D eigenvalue weighted by Gasteiger charge is -2.36. The van der Waals surface area contributed by atoms with Gasteiger partial charge in [-0.2, -0.15) is 0 Å². The molecule has 2 heterocycles. The van der Waals surface area contributed by atoms with E-state index in [1.165, 1.54) is 27.0 Å². The molecule has 5 heteroatoms. The van der Waals surface area contributed by atoms with Crippen LogP contribution >= 0.6 is 22.9 Å². The number of anilines is 2. The Morgan fingerprint density at radius 3 is 2.60 bits per heavy atom. The Hall–Kier alpha value is -1.78. The molecule has 0 spiro atoms. The van der Waals surface area contributed by atoms with Crippen molar-refractivity contribution in [3.05, 3.63) is 52.5 Å². The molecule has 3 nitrogen and oxygen atoms in total. The van der Waals surface area contributed by atoms with Crippen LogP contribution in [0.15, 0.2) is 36.4 Å². The van der Waals surface area contributed by atoms with Gasteiger partial charge in [0, 0.05) is 36.9 Å². The Morgan fingerprint density at radius 2 is 1.84 bits per heavy atom. The minimum absolute atomic E-state index is 0.807. The summed E-state index contributed by atoms with van der Waals surface area (Å²) in [5.74, 6) is 0. The Morgan fingerprint density at radius 1 is 1.08 bits per heavy atom. The second-order valence-corrected chi connectivity index (χ2v) is 7.96. The first-order valence-electron chi connectivity index (χ1n) is 8.80. The van der Waals surface area contributed by atoms with E-state index in [0.717, 1.165) is 42.8 Å². The number of rotatable bonds is 3. The standard InChI is InChI=1S/C20H22ClN3S/c1-3-15-5-4-6-18-19(15)22-20(25-18)24-11-9-23(10-12-24)17-13-16(21)8-7-14(17)2/h4-8,13H,3,9-12H2,1-2H3. The third kappa shape index (κ3) is 3.21. The summed E-state index contributed by atoms with van der Waals surface area (Å²) in [6.07, 6.45) is 1.03. The van der Waals surface area contributed by atoms with Crippen molar-refractivity contribution in [2.75, 3.05) is 36.0 Å².